The van der Waals surface area contributed by atoms with Crippen LogP contribution >= 0.6 is 11.8 Å². The number of amides is 3. The molecular formula is C19H25N5O2S. The third kappa shape index (κ3) is 5.19. The van der Waals surface area contributed by atoms with Gasteiger partial charge in [0.2, 0.25) is 5.91 Å². The first-order valence-electron chi connectivity index (χ1n) is 8.55. The van der Waals surface area contributed by atoms with Gasteiger partial charge < -0.3 is 5.73 Å². The lowest BCUT2D eigenvalue weighted by atomic mass is 9.87. The first-order valence-corrected chi connectivity index (χ1v) is 9.43. The number of carbonyl (C=O) groups excluding carboxylic acids is 2. The van der Waals surface area contributed by atoms with E-state index in [4.69, 9.17) is 5.73 Å². The standard InChI is InChI=1S/C19H25N5O2S/c1-6-11-24-15(13-7-9-14(10-8-13)19(3,4)5)22-23-18(24)27-12(2)16(25)21-17(20)26/h6-10,12H,1,11H2,2-5H3,(H3,20,21,25,26). The van der Waals surface area contributed by atoms with Gasteiger partial charge in [-0.05, 0) is 17.9 Å². The van der Waals surface area contributed by atoms with E-state index in [0.717, 1.165) is 5.56 Å². The monoisotopic (exact) mass is 387 g/mol. The molecular weight excluding hydrogens is 362 g/mol. The Labute approximate surface area is 163 Å². The second kappa shape index (κ2) is 8.39. The van der Waals surface area contributed by atoms with Crippen LogP contribution in [0.15, 0.2) is 42.1 Å². The lowest BCUT2D eigenvalue weighted by Gasteiger charge is -2.19. The number of hydrogen-bond acceptors (Lipinski definition) is 5. The fourth-order valence-corrected chi connectivity index (χ4v) is 3.30. The molecule has 0 bridgehead atoms. The Hall–Kier alpha value is -2.61. The fraction of sp³-hybridized carbons (Fsp3) is 0.368. The van der Waals surface area contributed by atoms with Gasteiger partial charge in [0.15, 0.2) is 11.0 Å². The quantitative estimate of drug-likeness (QED) is 0.586. The van der Waals surface area contributed by atoms with E-state index in [9.17, 15) is 9.59 Å². The summed E-state index contributed by atoms with van der Waals surface area (Å²) in [5, 5.41) is 10.6. The SMILES string of the molecule is C=CCn1c(SC(C)C(=O)NC(N)=O)nnc1-c1ccc(C(C)(C)C)cc1. The molecule has 0 radical (unpaired) electrons. The van der Waals surface area contributed by atoms with E-state index in [1.165, 1.54) is 17.3 Å². The van der Waals surface area contributed by atoms with Crippen LogP contribution in [-0.2, 0) is 16.8 Å². The molecule has 1 aromatic heterocycles. The molecule has 8 heteroatoms. The first-order chi connectivity index (χ1) is 12.6. The Morgan fingerprint density at radius 1 is 1.30 bits per heavy atom. The van der Waals surface area contributed by atoms with Gasteiger partial charge in [-0.15, -0.1) is 16.8 Å². The molecule has 3 amide bonds. The number of nitrogens with two attached hydrogens (primary N) is 1. The summed E-state index contributed by atoms with van der Waals surface area (Å²) in [6.45, 7) is 12.4. The maximum Gasteiger partial charge on any atom is 0.318 e. The number of rotatable bonds is 6. The van der Waals surface area contributed by atoms with Crippen molar-refractivity contribution < 1.29 is 9.59 Å². The molecule has 0 saturated heterocycles. The van der Waals surface area contributed by atoms with Gasteiger partial charge in [0, 0.05) is 12.1 Å². The molecule has 1 atom stereocenters. The van der Waals surface area contributed by atoms with Crippen molar-refractivity contribution in [1.29, 1.82) is 0 Å². The van der Waals surface area contributed by atoms with Crippen LogP contribution in [0.4, 0.5) is 4.79 Å². The maximum absolute atomic E-state index is 11.9. The molecule has 2 aromatic rings. The van der Waals surface area contributed by atoms with Gasteiger partial charge in [0.25, 0.3) is 0 Å². The molecule has 1 heterocycles. The molecule has 7 nitrogen and oxygen atoms in total. The number of imide groups is 1. The number of carbonyl (C=O) groups is 2. The topological polar surface area (TPSA) is 103 Å². The third-order valence-electron chi connectivity index (χ3n) is 3.94. The normalized spacial score (nSPS) is 12.4. The summed E-state index contributed by atoms with van der Waals surface area (Å²) in [6, 6.07) is 7.32. The number of primary amides is 1. The summed E-state index contributed by atoms with van der Waals surface area (Å²) in [7, 11) is 0. The molecule has 27 heavy (non-hydrogen) atoms. The minimum absolute atomic E-state index is 0.0670. The predicted molar refractivity (Wildman–Crippen MR) is 107 cm³/mol. The Kier molecular flexibility index (Phi) is 6.43. The summed E-state index contributed by atoms with van der Waals surface area (Å²) in [6.07, 6.45) is 1.74. The van der Waals surface area contributed by atoms with Crippen molar-refractivity contribution in [2.24, 2.45) is 5.73 Å². The number of nitrogens with zero attached hydrogens (tertiary/aromatic N) is 3. The van der Waals surface area contributed by atoms with E-state index in [1.807, 2.05) is 16.7 Å². The van der Waals surface area contributed by atoms with Crippen LogP contribution in [0.25, 0.3) is 11.4 Å². The van der Waals surface area contributed by atoms with Gasteiger partial charge in [-0.1, -0.05) is 62.9 Å². The fourth-order valence-electron chi connectivity index (χ4n) is 2.44. The molecule has 0 fully saturated rings. The molecule has 0 aliphatic heterocycles. The van der Waals surface area contributed by atoms with E-state index in [1.54, 1.807) is 13.0 Å². The molecule has 1 unspecified atom stereocenters. The molecule has 0 saturated carbocycles. The Bertz CT molecular complexity index is 837. The Morgan fingerprint density at radius 3 is 2.44 bits per heavy atom. The zero-order chi connectivity index (χ0) is 20.2. The van der Waals surface area contributed by atoms with Crippen LogP contribution in [-0.4, -0.2) is 32.0 Å². The summed E-state index contributed by atoms with van der Waals surface area (Å²) >= 11 is 1.20. The number of nitrogens with one attached hydrogen (secondary N) is 1. The summed E-state index contributed by atoms with van der Waals surface area (Å²) in [5.74, 6) is 0.220. The number of allylic oxidation sites excluding steroid dienone is 1. The largest absolute Gasteiger partial charge is 0.351 e. The van der Waals surface area contributed by atoms with E-state index >= 15 is 0 Å². The van der Waals surface area contributed by atoms with Crippen molar-refractivity contribution >= 4 is 23.7 Å². The van der Waals surface area contributed by atoms with Crippen molar-refractivity contribution in [1.82, 2.24) is 20.1 Å². The smallest absolute Gasteiger partial charge is 0.318 e. The Morgan fingerprint density at radius 2 is 1.93 bits per heavy atom. The minimum Gasteiger partial charge on any atom is -0.351 e. The predicted octanol–water partition coefficient (Wildman–Crippen LogP) is 3.10. The second-order valence-corrected chi connectivity index (χ2v) is 8.45. The molecule has 0 aliphatic rings. The number of hydrogen-bond donors (Lipinski definition) is 2. The zero-order valence-electron chi connectivity index (χ0n) is 16.0. The molecule has 2 rings (SSSR count). The maximum atomic E-state index is 11.9. The number of urea groups is 1. The van der Waals surface area contributed by atoms with Gasteiger partial charge >= 0.3 is 6.03 Å². The number of aromatic nitrogens is 3. The van der Waals surface area contributed by atoms with Gasteiger partial charge in [-0.3, -0.25) is 14.7 Å². The minimum atomic E-state index is -0.875. The highest BCUT2D eigenvalue weighted by Crippen LogP contribution is 2.29. The van der Waals surface area contributed by atoms with Crippen LogP contribution in [0.3, 0.4) is 0 Å². The van der Waals surface area contributed by atoms with Crippen LogP contribution < -0.4 is 11.1 Å². The average Bonchev–Trinajstić information content (AvgIpc) is 2.96. The van der Waals surface area contributed by atoms with Crippen LogP contribution in [0.1, 0.15) is 33.3 Å². The highest BCUT2D eigenvalue weighted by Gasteiger charge is 2.21. The van der Waals surface area contributed by atoms with E-state index in [-0.39, 0.29) is 5.41 Å². The van der Waals surface area contributed by atoms with Crippen molar-refractivity contribution in [3.63, 3.8) is 0 Å². The summed E-state index contributed by atoms with van der Waals surface area (Å²) in [4.78, 5) is 22.8. The highest BCUT2D eigenvalue weighted by atomic mass is 32.2. The van der Waals surface area contributed by atoms with Gasteiger partial charge in [0.05, 0.1) is 5.25 Å². The highest BCUT2D eigenvalue weighted by molar-refractivity contribution is 8.00. The van der Waals surface area contributed by atoms with Crippen LogP contribution in [0.5, 0.6) is 0 Å². The summed E-state index contributed by atoms with van der Waals surface area (Å²) < 4.78 is 1.89. The van der Waals surface area contributed by atoms with Crippen LogP contribution in [0, 0.1) is 0 Å². The van der Waals surface area contributed by atoms with E-state index in [2.05, 4.69) is 55.0 Å². The number of thioether (sulfide) groups is 1. The second-order valence-electron chi connectivity index (χ2n) is 7.15. The van der Waals surface area contributed by atoms with Crippen molar-refractivity contribution in [2.45, 2.75) is 50.1 Å². The first kappa shape index (κ1) is 20.7. The molecule has 3 N–H and O–H groups in total. The Balaban J connectivity index is 2.30. The van der Waals surface area contributed by atoms with Crippen LogP contribution in [0.2, 0.25) is 0 Å². The lowest BCUT2D eigenvalue weighted by Crippen LogP contribution is -2.39. The molecule has 0 aliphatic carbocycles. The zero-order valence-corrected chi connectivity index (χ0v) is 16.8. The molecule has 0 spiro atoms. The summed E-state index contributed by atoms with van der Waals surface area (Å²) in [5.41, 5.74) is 7.22. The number of benzene rings is 1. The van der Waals surface area contributed by atoms with Crippen molar-refractivity contribution in [3.05, 3.63) is 42.5 Å². The van der Waals surface area contributed by atoms with E-state index in [0.29, 0.717) is 17.5 Å². The van der Waals surface area contributed by atoms with E-state index < -0.39 is 17.2 Å². The molecule has 144 valence electrons. The van der Waals surface area contributed by atoms with Gasteiger partial charge in [-0.2, -0.15) is 0 Å². The van der Waals surface area contributed by atoms with Crippen molar-refractivity contribution in [2.75, 3.05) is 0 Å². The lowest BCUT2D eigenvalue weighted by molar-refractivity contribution is -0.119. The van der Waals surface area contributed by atoms with Gasteiger partial charge in [-0.25, -0.2) is 4.79 Å². The molecule has 1 aromatic carbocycles. The average molecular weight is 388 g/mol. The third-order valence-corrected chi connectivity index (χ3v) is 5.02. The van der Waals surface area contributed by atoms with Gasteiger partial charge in [0.1, 0.15) is 0 Å². The van der Waals surface area contributed by atoms with Crippen molar-refractivity contribution in [3.8, 4) is 11.4 Å².